The molecular weight excluding hydrogens is 257 g/mol. The smallest absolute Gasteiger partial charge is 0.165 e. The first kappa shape index (κ1) is 15.3. The van der Waals surface area contributed by atoms with Crippen LogP contribution < -0.4 is 10.1 Å². The van der Waals surface area contributed by atoms with Gasteiger partial charge >= 0.3 is 0 Å². The molecule has 0 spiro atoms. The second kappa shape index (κ2) is 8.22. The maximum absolute atomic E-state index is 13.8. The minimum atomic E-state index is -0.280. The van der Waals surface area contributed by atoms with Crippen molar-refractivity contribution in [1.82, 2.24) is 5.32 Å². The van der Waals surface area contributed by atoms with Gasteiger partial charge in [0.15, 0.2) is 11.6 Å². The summed E-state index contributed by atoms with van der Waals surface area (Å²) in [7, 11) is 0. The van der Waals surface area contributed by atoms with Gasteiger partial charge in [0, 0.05) is 18.7 Å². The van der Waals surface area contributed by atoms with Crippen LogP contribution in [-0.2, 0) is 11.3 Å². The summed E-state index contributed by atoms with van der Waals surface area (Å²) in [6.45, 7) is 4.94. The topological polar surface area (TPSA) is 30.5 Å². The number of para-hydroxylation sites is 1. The van der Waals surface area contributed by atoms with Crippen molar-refractivity contribution in [3.05, 3.63) is 29.6 Å². The first-order valence-electron chi connectivity index (χ1n) is 7.53. The number of nitrogens with one attached hydrogen (secondary N) is 1. The molecule has 0 saturated carbocycles. The van der Waals surface area contributed by atoms with Crippen LogP contribution in [0.25, 0.3) is 0 Å². The molecule has 1 aliphatic rings. The minimum absolute atomic E-state index is 0.280. The number of benzene rings is 1. The van der Waals surface area contributed by atoms with Crippen LogP contribution in [0.4, 0.5) is 4.39 Å². The van der Waals surface area contributed by atoms with Crippen LogP contribution in [0.2, 0.25) is 0 Å². The second-order valence-corrected chi connectivity index (χ2v) is 5.13. The molecule has 1 atom stereocenters. The number of hydrogen-bond acceptors (Lipinski definition) is 3. The van der Waals surface area contributed by atoms with Crippen LogP contribution in [0.5, 0.6) is 5.75 Å². The van der Waals surface area contributed by atoms with Gasteiger partial charge in [-0.25, -0.2) is 4.39 Å². The first-order valence-corrected chi connectivity index (χ1v) is 7.53. The summed E-state index contributed by atoms with van der Waals surface area (Å²) in [6, 6.07) is 5.08. The van der Waals surface area contributed by atoms with Crippen molar-refractivity contribution >= 4 is 0 Å². The summed E-state index contributed by atoms with van der Waals surface area (Å²) >= 11 is 0. The largest absolute Gasteiger partial charge is 0.490 e. The van der Waals surface area contributed by atoms with E-state index in [0.29, 0.717) is 25.0 Å². The van der Waals surface area contributed by atoms with Crippen LogP contribution in [0.15, 0.2) is 18.2 Å². The molecule has 0 aliphatic carbocycles. The third-order valence-corrected chi connectivity index (χ3v) is 3.55. The standard InChI is InChI=1S/C16H24FNO2/c1-2-18-12-13-6-3-9-15(17)16(13)20-11-5-8-14-7-4-10-19-14/h3,6,9,14,18H,2,4-5,7-8,10-12H2,1H3. The van der Waals surface area contributed by atoms with E-state index in [9.17, 15) is 4.39 Å². The van der Waals surface area contributed by atoms with E-state index in [4.69, 9.17) is 9.47 Å². The lowest BCUT2D eigenvalue weighted by molar-refractivity contribution is 0.0978. The van der Waals surface area contributed by atoms with E-state index in [2.05, 4.69) is 5.32 Å². The maximum atomic E-state index is 13.8. The van der Waals surface area contributed by atoms with Crippen molar-refractivity contribution in [2.45, 2.75) is 45.3 Å². The lowest BCUT2D eigenvalue weighted by Gasteiger charge is -2.14. The SMILES string of the molecule is CCNCc1cccc(F)c1OCCCC1CCCO1. The minimum Gasteiger partial charge on any atom is -0.490 e. The van der Waals surface area contributed by atoms with E-state index in [0.717, 1.165) is 44.4 Å². The van der Waals surface area contributed by atoms with Gasteiger partial charge in [-0.05, 0) is 38.3 Å². The van der Waals surface area contributed by atoms with Gasteiger partial charge in [0.1, 0.15) is 0 Å². The molecule has 1 aromatic carbocycles. The van der Waals surface area contributed by atoms with Gasteiger partial charge in [0.25, 0.3) is 0 Å². The molecule has 0 bridgehead atoms. The molecule has 0 radical (unpaired) electrons. The summed E-state index contributed by atoms with van der Waals surface area (Å²) in [6.07, 6.45) is 4.58. The van der Waals surface area contributed by atoms with Crippen molar-refractivity contribution in [3.8, 4) is 5.75 Å². The lowest BCUT2D eigenvalue weighted by Crippen LogP contribution is -2.14. The second-order valence-electron chi connectivity index (χ2n) is 5.13. The van der Waals surface area contributed by atoms with Gasteiger partial charge in [-0.1, -0.05) is 19.1 Å². The molecule has 112 valence electrons. The third-order valence-electron chi connectivity index (χ3n) is 3.55. The Labute approximate surface area is 120 Å². The van der Waals surface area contributed by atoms with Gasteiger partial charge < -0.3 is 14.8 Å². The Morgan fingerprint density at radius 1 is 1.45 bits per heavy atom. The van der Waals surface area contributed by atoms with Crippen molar-refractivity contribution in [1.29, 1.82) is 0 Å². The van der Waals surface area contributed by atoms with Crippen LogP contribution in [0.1, 0.15) is 38.2 Å². The fourth-order valence-electron chi connectivity index (χ4n) is 2.47. The third kappa shape index (κ3) is 4.46. The molecule has 1 heterocycles. The highest BCUT2D eigenvalue weighted by molar-refractivity contribution is 5.34. The van der Waals surface area contributed by atoms with Crippen molar-refractivity contribution in [3.63, 3.8) is 0 Å². The van der Waals surface area contributed by atoms with Crippen LogP contribution in [0.3, 0.4) is 0 Å². The molecule has 1 saturated heterocycles. The number of hydrogen-bond donors (Lipinski definition) is 1. The normalized spacial score (nSPS) is 18.4. The summed E-state index contributed by atoms with van der Waals surface area (Å²) in [5.41, 5.74) is 0.879. The molecule has 1 aliphatic heterocycles. The Balaban J connectivity index is 1.81. The van der Waals surface area contributed by atoms with Crippen LogP contribution in [0, 0.1) is 5.82 Å². The van der Waals surface area contributed by atoms with Crippen LogP contribution >= 0.6 is 0 Å². The van der Waals surface area contributed by atoms with Crippen molar-refractivity contribution in [2.24, 2.45) is 0 Å². The Kier molecular flexibility index (Phi) is 6.27. The molecule has 1 N–H and O–H groups in total. The van der Waals surface area contributed by atoms with E-state index in [1.807, 2.05) is 13.0 Å². The summed E-state index contributed by atoms with van der Waals surface area (Å²) in [5.74, 6) is 0.110. The van der Waals surface area contributed by atoms with E-state index >= 15 is 0 Å². The van der Waals surface area contributed by atoms with Crippen molar-refractivity contribution < 1.29 is 13.9 Å². The molecule has 4 heteroatoms. The first-order chi connectivity index (χ1) is 9.81. The summed E-state index contributed by atoms with van der Waals surface area (Å²) in [5, 5.41) is 3.20. The van der Waals surface area contributed by atoms with E-state index in [-0.39, 0.29) is 5.82 Å². The van der Waals surface area contributed by atoms with Gasteiger partial charge in [-0.15, -0.1) is 0 Å². The average molecular weight is 281 g/mol. The predicted octanol–water partition coefficient (Wildman–Crippen LogP) is 3.27. The molecule has 0 amide bonds. The number of rotatable bonds is 8. The zero-order valence-electron chi connectivity index (χ0n) is 12.2. The fraction of sp³-hybridized carbons (Fsp3) is 0.625. The highest BCUT2D eigenvalue weighted by Gasteiger charge is 2.15. The van der Waals surface area contributed by atoms with Gasteiger partial charge in [-0.2, -0.15) is 0 Å². The van der Waals surface area contributed by atoms with Gasteiger partial charge in [0.2, 0.25) is 0 Å². The number of halogens is 1. The predicted molar refractivity (Wildman–Crippen MR) is 77.5 cm³/mol. The molecule has 3 nitrogen and oxygen atoms in total. The van der Waals surface area contributed by atoms with Crippen LogP contribution in [-0.4, -0.2) is 25.9 Å². The molecule has 2 rings (SSSR count). The van der Waals surface area contributed by atoms with Crippen molar-refractivity contribution in [2.75, 3.05) is 19.8 Å². The van der Waals surface area contributed by atoms with Gasteiger partial charge in [0.05, 0.1) is 12.7 Å². The molecule has 20 heavy (non-hydrogen) atoms. The Hall–Kier alpha value is -1.13. The van der Waals surface area contributed by atoms with E-state index in [1.54, 1.807) is 6.07 Å². The van der Waals surface area contributed by atoms with E-state index < -0.39 is 0 Å². The quantitative estimate of drug-likeness (QED) is 0.742. The highest BCUT2D eigenvalue weighted by atomic mass is 19.1. The van der Waals surface area contributed by atoms with E-state index in [1.165, 1.54) is 6.07 Å². The molecule has 1 fully saturated rings. The maximum Gasteiger partial charge on any atom is 0.165 e. The Bertz CT molecular complexity index is 405. The molecule has 1 aromatic rings. The lowest BCUT2D eigenvalue weighted by atomic mass is 10.1. The molecular formula is C16H24FNO2. The Morgan fingerprint density at radius 3 is 3.10 bits per heavy atom. The molecule has 0 aromatic heterocycles. The highest BCUT2D eigenvalue weighted by Crippen LogP contribution is 2.23. The number of ether oxygens (including phenoxy) is 2. The van der Waals surface area contributed by atoms with Gasteiger partial charge in [-0.3, -0.25) is 0 Å². The zero-order chi connectivity index (χ0) is 14.2. The zero-order valence-corrected chi connectivity index (χ0v) is 12.2. The summed E-state index contributed by atoms with van der Waals surface area (Å²) < 4.78 is 25.0. The fourth-order valence-corrected chi connectivity index (χ4v) is 2.47. The Morgan fingerprint density at radius 2 is 2.35 bits per heavy atom. The molecule has 1 unspecified atom stereocenters. The monoisotopic (exact) mass is 281 g/mol. The average Bonchev–Trinajstić information content (AvgIpc) is 2.96. The summed E-state index contributed by atoms with van der Waals surface area (Å²) in [4.78, 5) is 0.